The van der Waals surface area contributed by atoms with Gasteiger partial charge in [0.15, 0.2) is 0 Å². The zero-order valence-electron chi connectivity index (χ0n) is 11.3. The number of rotatable bonds is 4. The van der Waals surface area contributed by atoms with E-state index in [2.05, 4.69) is 20.2 Å². The molecule has 0 spiro atoms. The first kappa shape index (κ1) is 13.6. The highest BCUT2D eigenvalue weighted by molar-refractivity contribution is 7.92. The Hall–Kier alpha value is -2.35. The number of aromatic nitrogens is 2. The maximum Gasteiger partial charge on any atom is 0.263 e. The van der Waals surface area contributed by atoms with Gasteiger partial charge >= 0.3 is 0 Å². The number of amides is 1. The van der Waals surface area contributed by atoms with Crippen LogP contribution < -0.4 is 10.0 Å². The number of nitrogens with zero attached hydrogens (tertiary/aromatic N) is 1. The summed E-state index contributed by atoms with van der Waals surface area (Å²) in [5.41, 5.74) is 2.13. The Labute approximate surface area is 121 Å². The van der Waals surface area contributed by atoms with Crippen molar-refractivity contribution in [2.24, 2.45) is 0 Å². The van der Waals surface area contributed by atoms with E-state index in [1.54, 1.807) is 12.3 Å². The van der Waals surface area contributed by atoms with Gasteiger partial charge < -0.3 is 5.32 Å². The molecule has 7 nitrogen and oxygen atoms in total. The summed E-state index contributed by atoms with van der Waals surface area (Å²) in [5.74, 6) is 0.238. The number of anilines is 2. The Morgan fingerprint density at radius 3 is 2.95 bits per heavy atom. The van der Waals surface area contributed by atoms with Crippen molar-refractivity contribution >= 4 is 27.4 Å². The van der Waals surface area contributed by atoms with Gasteiger partial charge in [-0.05, 0) is 30.2 Å². The van der Waals surface area contributed by atoms with E-state index >= 15 is 0 Å². The monoisotopic (exact) mass is 306 g/mol. The smallest absolute Gasteiger partial charge is 0.263 e. The SMILES string of the molecule is CCc1cn[nH]c1NS(=O)(=O)c1ccc2c(c1)CC(=O)N2. The molecule has 1 aromatic carbocycles. The molecule has 0 atom stereocenters. The van der Waals surface area contributed by atoms with Crippen molar-refractivity contribution in [1.82, 2.24) is 10.2 Å². The van der Waals surface area contributed by atoms with Crippen molar-refractivity contribution in [3.8, 4) is 0 Å². The average Bonchev–Trinajstić information content (AvgIpc) is 3.01. The number of H-pyrrole nitrogens is 1. The van der Waals surface area contributed by atoms with Crippen molar-refractivity contribution < 1.29 is 13.2 Å². The molecule has 0 radical (unpaired) electrons. The standard InChI is InChI=1S/C13H14N4O3S/c1-2-8-7-14-16-13(8)17-21(19,20)10-3-4-11-9(5-10)6-12(18)15-11/h3-5,7H,2,6H2,1H3,(H,15,18)(H2,14,16,17). The molecule has 0 saturated carbocycles. The van der Waals surface area contributed by atoms with E-state index in [1.165, 1.54) is 12.1 Å². The molecule has 2 heterocycles. The van der Waals surface area contributed by atoms with Crippen LogP contribution in [-0.4, -0.2) is 24.5 Å². The Morgan fingerprint density at radius 2 is 2.19 bits per heavy atom. The van der Waals surface area contributed by atoms with Gasteiger partial charge in [-0.1, -0.05) is 6.92 Å². The Balaban J connectivity index is 1.92. The lowest BCUT2D eigenvalue weighted by Gasteiger charge is -2.09. The van der Waals surface area contributed by atoms with Gasteiger partial charge in [-0.15, -0.1) is 0 Å². The minimum Gasteiger partial charge on any atom is -0.326 e. The Morgan fingerprint density at radius 1 is 1.38 bits per heavy atom. The number of hydrogen-bond acceptors (Lipinski definition) is 4. The van der Waals surface area contributed by atoms with Gasteiger partial charge in [0.05, 0.1) is 17.5 Å². The number of carbonyl (C=O) groups is 1. The lowest BCUT2D eigenvalue weighted by atomic mass is 10.2. The fourth-order valence-corrected chi connectivity index (χ4v) is 3.34. The summed E-state index contributed by atoms with van der Waals surface area (Å²) < 4.78 is 27.3. The largest absolute Gasteiger partial charge is 0.326 e. The van der Waals surface area contributed by atoms with Crippen LogP contribution in [0.15, 0.2) is 29.3 Å². The van der Waals surface area contributed by atoms with Gasteiger partial charge in [0.25, 0.3) is 10.0 Å². The first-order valence-electron chi connectivity index (χ1n) is 6.47. The molecule has 3 rings (SSSR count). The van der Waals surface area contributed by atoms with E-state index < -0.39 is 10.0 Å². The molecule has 1 aliphatic rings. The van der Waals surface area contributed by atoms with Crippen LogP contribution in [0.4, 0.5) is 11.5 Å². The van der Waals surface area contributed by atoms with Crippen LogP contribution >= 0.6 is 0 Å². The molecular formula is C13H14N4O3S. The van der Waals surface area contributed by atoms with Crippen molar-refractivity contribution in [3.63, 3.8) is 0 Å². The van der Waals surface area contributed by atoms with Crippen molar-refractivity contribution in [2.75, 3.05) is 10.0 Å². The molecule has 0 bridgehead atoms. The minimum absolute atomic E-state index is 0.120. The molecule has 0 fully saturated rings. The third-order valence-corrected chi connectivity index (χ3v) is 4.69. The van der Waals surface area contributed by atoms with E-state index in [1.807, 2.05) is 6.92 Å². The summed E-state index contributed by atoms with van der Waals surface area (Å²) in [4.78, 5) is 11.4. The molecule has 0 aliphatic carbocycles. The van der Waals surface area contributed by atoms with Gasteiger partial charge in [0.1, 0.15) is 5.82 Å². The van der Waals surface area contributed by atoms with E-state index in [-0.39, 0.29) is 17.2 Å². The molecule has 110 valence electrons. The van der Waals surface area contributed by atoms with E-state index in [4.69, 9.17) is 0 Å². The third kappa shape index (κ3) is 2.49. The van der Waals surface area contributed by atoms with Crippen LogP contribution in [0.3, 0.4) is 0 Å². The highest BCUT2D eigenvalue weighted by Crippen LogP contribution is 2.27. The fourth-order valence-electron chi connectivity index (χ4n) is 2.23. The second kappa shape index (κ2) is 4.88. The van der Waals surface area contributed by atoms with Gasteiger partial charge in [0, 0.05) is 11.3 Å². The van der Waals surface area contributed by atoms with Gasteiger partial charge in [-0.2, -0.15) is 5.10 Å². The number of fused-ring (bicyclic) bond motifs is 1. The molecule has 3 N–H and O–H groups in total. The molecule has 0 unspecified atom stereocenters. The Kier molecular flexibility index (Phi) is 3.17. The number of aryl methyl sites for hydroxylation is 1. The number of carbonyl (C=O) groups excluding carboxylic acids is 1. The zero-order chi connectivity index (χ0) is 15.0. The number of aromatic amines is 1. The number of nitrogens with one attached hydrogen (secondary N) is 3. The Bertz CT molecular complexity index is 811. The number of sulfonamides is 1. The molecule has 8 heteroatoms. The van der Waals surface area contributed by atoms with Crippen LogP contribution in [-0.2, 0) is 27.7 Å². The van der Waals surface area contributed by atoms with Crippen molar-refractivity contribution in [3.05, 3.63) is 35.5 Å². The van der Waals surface area contributed by atoms with Crippen molar-refractivity contribution in [1.29, 1.82) is 0 Å². The summed E-state index contributed by atoms with van der Waals surface area (Å²) in [6.45, 7) is 1.91. The van der Waals surface area contributed by atoms with Crippen molar-refractivity contribution in [2.45, 2.75) is 24.7 Å². The summed E-state index contributed by atoms with van der Waals surface area (Å²) in [6.07, 6.45) is 2.45. The first-order chi connectivity index (χ1) is 9.99. The predicted molar refractivity (Wildman–Crippen MR) is 77.5 cm³/mol. The highest BCUT2D eigenvalue weighted by Gasteiger charge is 2.22. The normalized spacial score (nSPS) is 13.9. The number of benzene rings is 1. The van der Waals surface area contributed by atoms with Crippen LogP contribution in [0.2, 0.25) is 0 Å². The van der Waals surface area contributed by atoms with E-state index in [0.29, 0.717) is 23.5 Å². The quantitative estimate of drug-likeness (QED) is 0.791. The van der Waals surface area contributed by atoms with E-state index in [9.17, 15) is 13.2 Å². The maximum atomic E-state index is 12.4. The van der Waals surface area contributed by atoms with E-state index in [0.717, 1.165) is 5.56 Å². The topological polar surface area (TPSA) is 104 Å². The molecule has 1 aliphatic heterocycles. The second-order valence-electron chi connectivity index (χ2n) is 4.77. The van der Waals surface area contributed by atoms with Crippen LogP contribution in [0, 0.1) is 0 Å². The highest BCUT2D eigenvalue weighted by atomic mass is 32.2. The summed E-state index contributed by atoms with van der Waals surface area (Å²) in [5, 5.41) is 9.14. The molecule has 2 aromatic rings. The number of hydrogen-bond donors (Lipinski definition) is 3. The first-order valence-corrected chi connectivity index (χ1v) is 7.96. The molecule has 0 saturated heterocycles. The molecule has 21 heavy (non-hydrogen) atoms. The fraction of sp³-hybridized carbons (Fsp3) is 0.231. The maximum absolute atomic E-state index is 12.4. The molecule has 1 aromatic heterocycles. The van der Waals surface area contributed by atoms with Crippen LogP contribution in [0.25, 0.3) is 0 Å². The van der Waals surface area contributed by atoms with Crippen LogP contribution in [0.5, 0.6) is 0 Å². The lowest BCUT2D eigenvalue weighted by Crippen LogP contribution is -2.14. The zero-order valence-corrected chi connectivity index (χ0v) is 12.1. The predicted octanol–water partition coefficient (Wildman–Crippen LogP) is 1.27. The molecular weight excluding hydrogens is 292 g/mol. The summed E-state index contributed by atoms with van der Waals surface area (Å²) in [6, 6.07) is 4.58. The summed E-state index contributed by atoms with van der Waals surface area (Å²) >= 11 is 0. The lowest BCUT2D eigenvalue weighted by molar-refractivity contribution is -0.115. The van der Waals surface area contributed by atoms with Gasteiger partial charge in [-0.25, -0.2) is 8.42 Å². The minimum atomic E-state index is -3.72. The van der Waals surface area contributed by atoms with Crippen LogP contribution in [0.1, 0.15) is 18.1 Å². The van der Waals surface area contributed by atoms with Gasteiger partial charge in [0.2, 0.25) is 5.91 Å². The molecule has 1 amide bonds. The van der Waals surface area contributed by atoms with Gasteiger partial charge in [-0.3, -0.25) is 14.6 Å². The average molecular weight is 306 g/mol. The second-order valence-corrected chi connectivity index (χ2v) is 6.46. The third-order valence-electron chi connectivity index (χ3n) is 3.35. The summed E-state index contributed by atoms with van der Waals surface area (Å²) in [7, 11) is -3.72.